The molecule has 4 atom stereocenters. The Hall–Kier alpha value is 0. The first-order chi connectivity index (χ1) is 7.90. The van der Waals surface area contributed by atoms with Crippen LogP contribution in [-0.2, 0) is 0 Å². The Morgan fingerprint density at radius 1 is 1.12 bits per heavy atom. The first-order valence-electron chi connectivity index (χ1n) is 7.90. The Labute approximate surface area is 110 Å². The van der Waals surface area contributed by atoms with E-state index in [1.165, 1.54) is 38.5 Å². The van der Waals surface area contributed by atoms with Crippen molar-refractivity contribution in [1.82, 2.24) is 0 Å². The predicted molar refractivity (Wildman–Crippen MR) is 78.1 cm³/mol. The van der Waals surface area contributed by atoms with E-state index in [9.17, 15) is 0 Å². The van der Waals surface area contributed by atoms with Crippen molar-refractivity contribution >= 4 is 0 Å². The highest BCUT2D eigenvalue weighted by atomic mass is 14.6. The van der Waals surface area contributed by atoms with Gasteiger partial charge in [0.2, 0.25) is 0 Å². The van der Waals surface area contributed by atoms with E-state index in [0.717, 1.165) is 23.7 Å². The van der Waals surface area contributed by atoms with Gasteiger partial charge in [-0.2, -0.15) is 0 Å². The predicted octanol–water partition coefficient (Wildman–Crippen LogP) is 5.91. The fraction of sp³-hybridized carbons (Fsp3) is 1.00. The molecule has 0 amide bonds. The third-order valence-electron chi connectivity index (χ3n) is 5.31. The average molecular weight is 238 g/mol. The fourth-order valence-electron chi connectivity index (χ4n) is 3.55. The Kier molecular flexibility index (Phi) is 5.54. The smallest absolute Gasteiger partial charge is 0.0269 e. The first-order valence-corrected chi connectivity index (χ1v) is 7.90. The molecule has 0 aromatic heterocycles. The molecule has 0 radical (unpaired) electrons. The minimum Gasteiger partial charge on any atom is -0.0651 e. The maximum atomic E-state index is 2.52. The Balaban J connectivity index is 2.20. The lowest BCUT2D eigenvalue weighted by atomic mass is 9.81. The average Bonchev–Trinajstić information content (AvgIpc) is 2.90. The molecule has 0 bridgehead atoms. The van der Waals surface area contributed by atoms with Gasteiger partial charge in [0.15, 0.2) is 0 Å². The van der Waals surface area contributed by atoms with E-state index in [1.54, 1.807) is 0 Å². The van der Waals surface area contributed by atoms with Crippen LogP contribution in [0.2, 0.25) is 0 Å². The first kappa shape index (κ1) is 15.1. The molecule has 1 rings (SSSR count). The molecule has 1 saturated carbocycles. The van der Waals surface area contributed by atoms with Crippen LogP contribution in [0.1, 0.15) is 80.1 Å². The van der Waals surface area contributed by atoms with E-state index in [4.69, 9.17) is 0 Å². The standard InChI is InChI=1S/C17H34/c1-7-16-12-17(16,6)15(5)11-14(4)10-8-9-13(2)3/h13-16H,7-12H2,1-6H3. The van der Waals surface area contributed by atoms with E-state index in [-0.39, 0.29) is 0 Å². The second-order valence-corrected chi connectivity index (χ2v) is 7.38. The lowest BCUT2D eigenvalue weighted by Crippen LogP contribution is -2.15. The second kappa shape index (κ2) is 6.25. The van der Waals surface area contributed by atoms with Crippen LogP contribution >= 0.6 is 0 Å². The molecule has 0 spiro atoms. The number of hydrogen-bond donors (Lipinski definition) is 0. The van der Waals surface area contributed by atoms with Crippen molar-refractivity contribution in [2.75, 3.05) is 0 Å². The quantitative estimate of drug-likeness (QED) is 0.493. The molecule has 0 N–H and O–H groups in total. The zero-order chi connectivity index (χ0) is 13.1. The molecule has 0 heteroatoms. The van der Waals surface area contributed by atoms with Gasteiger partial charge < -0.3 is 0 Å². The summed E-state index contributed by atoms with van der Waals surface area (Å²) in [6, 6.07) is 0. The molecule has 0 heterocycles. The molecular weight excluding hydrogens is 204 g/mol. The van der Waals surface area contributed by atoms with Crippen LogP contribution in [0.5, 0.6) is 0 Å². The summed E-state index contributed by atoms with van der Waals surface area (Å²) >= 11 is 0. The highest BCUT2D eigenvalue weighted by molar-refractivity contribution is 5.01. The molecule has 4 unspecified atom stereocenters. The normalized spacial score (nSPS) is 31.6. The van der Waals surface area contributed by atoms with Gasteiger partial charge in [0, 0.05) is 0 Å². The van der Waals surface area contributed by atoms with Gasteiger partial charge in [-0.15, -0.1) is 0 Å². The van der Waals surface area contributed by atoms with Gasteiger partial charge in [-0.1, -0.05) is 67.2 Å². The third-order valence-corrected chi connectivity index (χ3v) is 5.31. The summed E-state index contributed by atoms with van der Waals surface area (Å²) in [5.74, 6) is 3.77. The van der Waals surface area contributed by atoms with Crippen molar-refractivity contribution in [1.29, 1.82) is 0 Å². The van der Waals surface area contributed by atoms with Crippen LogP contribution in [0.3, 0.4) is 0 Å². The SMILES string of the molecule is CCC1CC1(C)C(C)CC(C)CCCC(C)C. The van der Waals surface area contributed by atoms with Crippen LogP contribution in [-0.4, -0.2) is 0 Å². The number of hydrogen-bond acceptors (Lipinski definition) is 0. The van der Waals surface area contributed by atoms with E-state index in [1.807, 2.05) is 0 Å². The van der Waals surface area contributed by atoms with Crippen LogP contribution in [0.15, 0.2) is 0 Å². The molecule has 102 valence electrons. The summed E-state index contributed by atoms with van der Waals surface area (Å²) in [5.41, 5.74) is 0.695. The Morgan fingerprint density at radius 2 is 1.76 bits per heavy atom. The lowest BCUT2D eigenvalue weighted by Gasteiger charge is -2.24. The molecule has 1 aliphatic carbocycles. The van der Waals surface area contributed by atoms with Gasteiger partial charge in [-0.25, -0.2) is 0 Å². The fourth-order valence-corrected chi connectivity index (χ4v) is 3.55. The highest BCUT2D eigenvalue weighted by Gasteiger charge is 2.51. The van der Waals surface area contributed by atoms with Crippen molar-refractivity contribution in [3.63, 3.8) is 0 Å². The van der Waals surface area contributed by atoms with E-state index >= 15 is 0 Å². The summed E-state index contributed by atoms with van der Waals surface area (Å²) < 4.78 is 0. The molecule has 0 nitrogen and oxygen atoms in total. The molecule has 0 aliphatic heterocycles. The van der Waals surface area contributed by atoms with Gasteiger partial charge in [0.1, 0.15) is 0 Å². The lowest BCUT2D eigenvalue weighted by molar-refractivity contribution is 0.261. The van der Waals surface area contributed by atoms with Crippen LogP contribution < -0.4 is 0 Å². The van der Waals surface area contributed by atoms with Gasteiger partial charge in [-0.05, 0) is 41.9 Å². The zero-order valence-corrected chi connectivity index (χ0v) is 13.1. The van der Waals surface area contributed by atoms with E-state index in [0.29, 0.717) is 5.41 Å². The maximum Gasteiger partial charge on any atom is -0.0269 e. The third kappa shape index (κ3) is 4.30. The zero-order valence-electron chi connectivity index (χ0n) is 13.1. The summed E-state index contributed by atoms with van der Waals surface area (Å²) in [6.45, 7) is 14.5. The second-order valence-electron chi connectivity index (χ2n) is 7.38. The van der Waals surface area contributed by atoms with Gasteiger partial charge in [0.25, 0.3) is 0 Å². The summed E-state index contributed by atoms with van der Waals surface area (Å²) in [5, 5.41) is 0. The van der Waals surface area contributed by atoms with Crippen LogP contribution in [0.25, 0.3) is 0 Å². The van der Waals surface area contributed by atoms with E-state index in [2.05, 4.69) is 41.5 Å². The minimum absolute atomic E-state index is 0.695. The molecule has 0 aromatic carbocycles. The maximum absolute atomic E-state index is 2.52. The summed E-state index contributed by atoms with van der Waals surface area (Å²) in [4.78, 5) is 0. The largest absolute Gasteiger partial charge is 0.0651 e. The Bertz CT molecular complexity index is 218. The minimum atomic E-state index is 0.695. The van der Waals surface area contributed by atoms with Gasteiger partial charge in [-0.3, -0.25) is 0 Å². The molecule has 1 aliphatic rings. The van der Waals surface area contributed by atoms with E-state index < -0.39 is 0 Å². The van der Waals surface area contributed by atoms with Crippen molar-refractivity contribution in [3.05, 3.63) is 0 Å². The Morgan fingerprint density at radius 3 is 2.24 bits per heavy atom. The summed E-state index contributed by atoms with van der Waals surface area (Å²) in [7, 11) is 0. The van der Waals surface area contributed by atoms with Gasteiger partial charge in [0.05, 0.1) is 0 Å². The molecular formula is C17H34. The van der Waals surface area contributed by atoms with Crippen molar-refractivity contribution in [2.45, 2.75) is 80.1 Å². The van der Waals surface area contributed by atoms with Crippen LogP contribution in [0, 0.1) is 29.1 Å². The summed E-state index contributed by atoms with van der Waals surface area (Å²) in [6.07, 6.45) is 8.61. The molecule has 0 saturated heterocycles. The van der Waals surface area contributed by atoms with Gasteiger partial charge >= 0.3 is 0 Å². The topological polar surface area (TPSA) is 0 Å². The molecule has 17 heavy (non-hydrogen) atoms. The van der Waals surface area contributed by atoms with Crippen molar-refractivity contribution in [3.8, 4) is 0 Å². The number of rotatable bonds is 8. The molecule has 1 fully saturated rings. The van der Waals surface area contributed by atoms with Crippen molar-refractivity contribution in [2.24, 2.45) is 29.1 Å². The highest BCUT2D eigenvalue weighted by Crippen LogP contribution is 2.60. The molecule has 0 aromatic rings. The van der Waals surface area contributed by atoms with Crippen LogP contribution in [0.4, 0.5) is 0 Å². The van der Waals surface area contributed by atoms with Crippen molar-refractivity contribution < 1.29 is 0 Å². The monoisotopic (exact) mass is 238 g/mol.